The monoisotopic (exact) mass is 480 g/mol. The van der Waals surface area contributed by atoms with Gasteiger partial charge in [0.15, 0.2) is 0 Å². The second-order valence-corrected chi connectivity index (χ2v) is 8.98. The average molecular weight is 481 g/mol. The summed E-state index contributed by atoms with van der Waals surface area (Å²) in [7, 11) is 0. The van der Waals surface area contributed by atoms with E-state index in [0.29, 0.717) is 23.1 Å². The van der Waals surface area contributed by atoms with E-state index < -0.39 is 17.7 Å². The molecule has 0 fully saturated rings. The van der Waals surface area contributed by atoms with Gasteiger partial charge < -0.3 is 5.32 Å². The Bertz CT molecular complexity index is 1570. The van der Waals surface area contributed by atoms with Crippen LogP contribution in [0.25, 0.3) is 5.95 Å². The number of nitrogens with zero attached hydrogens (tertiary/aromatic N) is 5. The first-order chi connectivity index (χ1) is 17.1. The summed E-state index contributed by atoms with van der Waals surface area (Å²) in [5.41, 5.74) is 5.21. The molecule has 0 spiro atoms. The molecular weight excluding hydrogens is 456 g/mol. The molecule has 4 aromatic rings. The molecule has 0 unspecified atom stereocenters. The summed E-state index contributed by atoms with van der Waals surface area (Å²) in [6.07, 6.45) is 0. The predicted molar refractivity (Wildman–Crippen MR) is 135 cm³/mol. The molecule has 3 heterocycles. The van der Waals surface area contributed by atoms with Crippen LogP contribution in [-0.4, -0.2) is 37.5 Å². The topological polar surface area (TPSA) is 110 Å². The first-order valence-corrected chi connectivity index (χ1v) is 11.4. The van der Waals surface area contributed by atoms with Crippen molar-refractivity contribution < 1.29 is 14.4 Å². The summed E-state index contributed by atoms with van der Waals surface area (Å²) in [5, 5.41) is 7.25. The zero-order valence-electron chi connectivity index (χ0n) is 20.6. The van der Waals surface area contributed by atoms with E-state index in [1.54, 1.807) is 13.0 Å². The van der Waals surface area contributed by atoms with E-state index in [1.807, 2.05) is 52.0 Å². The molecule has 2 aromatic carbocycles. The van der Waals surface area contributed by atoms with Gasteiger partial charge in [0, 0.05) is 23.0 Å². The first kappa shape index (κ1) is 23.1. The highest BCUT2D eigenvalue weighted by atomic mass is 16.2. The maximum atomic E-state index is 13.3. The Balaban J connectivity index is 1.46. The number of benzene rings is 2. The molecule has 0 saturated heterocycles. The van der Waals surface area contributed by atoms with Crippen molar-refractivity contribution in [1.29, 1.82) is 0 Å². The van der Waals surface area contributed by atoms with Crippen LogP contribution < -0.4 is 10.2 Å². The molecule has 2 aromatic heterocycles. The lowest BCUT2D eigenvalue weighted by Crippen LogP contribution is -2.30. The van der Waals surface area contributed by atoms with E-state index in [1.165, 1.54) is 27.8 Å². The Morgan fingerprint density at radius 3 is 2.19 bits per heavy atom. The smallest absolute Gasteiger partial charge is 0.266 e. The van der Waals surface area contributed by atoms with Crippen LogP contribution in [0.1, 0.15) is 59.3 Å². The van der Waals surface area contributed by atoms with Gasteiger partial charge in [0.05, 0.1) is 22.5 Å². The van der Waals surface area contributed by atoms with Crippen molar-refractivity contribution in [3.05, 3.63) is 93.4 Å². The van der Waals surface area contributed by atoms with Gasteiger partial charge in [0.2, 0.25) is 0 Å². The molecule has 36 heavy (non-hydrogen) atoms. The normalized spacial score (nSPS) is 12.8. The van der Waals surface area contributed by atoms with Gasteiger partial charge in [-0.3, -0.25) is 14.4 Å². The largest absolute Gasteiger partial charge is 0.306 e. The van der Waals surface area contributed by atoms with Crippen LogP contribution in [0.4, 0.5) is 11.5 Å². The van der Waals surface area contributed by atoms with Gasteiger partial charge in [0.25, 0.3) is 23.7 Å². The third kappa shape index (κ3) is 3.94. The number of nitrogens with one attached hydrogen (secondary N) is 1. The molecule has 1 N–H and O–H groups in total. The lowest BCUT2D eigenvalue weighted by Gasteiger charge is -2.17. The summed E-state index contributed by atoms with van der Waals surface area (Å²) in [4.78, 5) is 49.5. The van der Waals surface area contributed by atoms with Gasteiger partial charge in [-0.1, -0.05) is 12.1 Å². The van der Waals surface area contributed by atoms with Crippen molar-refractivity contribution in [2.24, 2.45) is 0 Å². The zero-order chi connectivity index (χ0) is 25.7. The van der Waals surface area contributed by atoms with Gasteiger partial charge >= 0.3 is 0 Å². The van der Waals surface area contributed by atoms with E-state index in [0.717, 1.165) is 22.5 Å². The molecule has 9 nitrogen and oxygen atoms in total. The number of anilines is 2. The molecule has 0 saturated carbocycles. The predicted octanol–water partition coefficient (Wildman–Crippen LogP) is 4.26. The van der Waals surface area contributed by atoms with Gasteiger partial charge in [-0.2, -0.15) is 9.78 Å². The standard InChI is InChI=1S/C27H24N6O3/c1-14-6-7-15(2)22(10-14)32-25(35)20-9-8-19(13-21(20)26(32)36)24(34)30-23-12-18(5)31-33(23)27-28-16(3)11-17(4)29-27/h6-13H,1-5H3,(H,30,34). The van der Waals surface area contributed by atoms with Crippen molar-refractivity contribution in [1.82, 2.24) is 19.7 Å². The van der Waals surface area contributed by atoms with Crippen molar-refractivity contribution in [3.8, 4) is 5.95 Å². The molecule has 180 valence electrons. The number of aromatic nitrogens is 4. The van der Waals surface area contributed by atoms with Gasteiger partial charge in [0.1, 0.15) is 5.82 Å². The third-order valence-corrected chi connectivity index (χ3v) is 5.99. The molecule has 0 atom stereocenters. The van der Waals surface area contributed by atoms with Gasteiger partial charge in [-0.25, -0.2) is 14.9 Å². The summed E-state index contributed by atoms with van der Waals surface area (Å²) >= 11 is 0. The van der Waals surface area contributed by atoms with Crippen LogP contribution in [0, 0.1) is 34.6 Å². The van der Waals surface area contributed by atoms with Crippen molar-refractivity contribution in [2.45, 2.75) is 34.6 Å². The van der Waals surface area contributed by atoms with Crippen LogP contribution in [0.5, 0.6) is 0 Å². The number of imide groups is 1. The molecule has 5 rings (SSSR count). The van der Waals surface area contributed by atoms with Crippen LogP contribution in [0.2, 0.25) is 0 Å². The van der Waals surface area contributed by atoms with Crippen molar-refractivity contribution in [2.75, 3.05) is 10.2 Å². The first-order valence-electron chi connectivity index (χ1n) is 11.4. The van der Waals surface area contributed by atoms with Gasteiger partial charge in [-0.05, 0) is 76.1 Å². The number of rotatable bonds is 4. The van der Waals surface area contributed by atoms with Crippen molar-refractivity contribution >= 4 is 29.2 Å². The number of hydrogen-bond acceptors (Lipinski definition) is 6. The fourth-order valence-electron chi connectivity index (χ4n) is 4.29. The molecule has 0 bridgehead atoms. The molecule has 1 aliphatic rings. The second-order valence-electron chi connectivity index (χ2n) is 8.98. The lowest BCUT2D eigenvalue weighted by atomic mass is 10.1. The molecule has 1 aliphatic heterocycles. The molecule has 0 radical (unpaired) electrons. The van der Waals surface area contributed by atoms with E-state index in [4.69, 9.17) is 0 Å². The minimum Gasteiger partial charge on any atom is -0.306 e. The fourth-order valence-corrected chi connectivity index (χ4v) is 4.29. The highest BCUT2D eigenvalue weighted by Crippen LogP contribution is 2.32. The Morgan fingerprint density at radius 1 is 0.778 bits per heavy atom. The average Bonchev–Trinajstić information content (AvgIpc) is 3.31. The van der Waals surface area contributed by atoms with Crippen molar-refractivity contribution in [3.63, 3.8) is 0 Å². The number of fused-ring (bicyclic) bond motifs is 1. The Morgan fingerprint density at radius 2 is 1.47 bits per heavy atom. The molecule has 3 amide bonds. The Labute approximate surface area is 207 Å². The minimum absolute atomic E-state index is 0.191. The highest BCUT2D eigenvalue weighted by molar-refractivity contribution is 6.35. The number of amides is 3. The second kappa shape index (κ2) is 8.53. The van der Waals surface area contributed by atoms with Crippen LogP contribution in [0.15, 0.2) is 48.5 Å². The number of hydrogen-bond donors (Lipinski definition) is 1. The summed E-state index contributed by atoms with van der Waals surface area (Å²) < 4.78 is 1.47. The number of carbonyl (C=O) groups excluding carboxylic acids is 3. The SMILES string of the molecule is Cc1ccc(C)c(N2C(=O)c3ccc(C(=O)Nc4cc(C)nn4-c4nc(C)cc(C)n4)cc3C2=O)c1. The number of aryl methyl sites for hydroxylation is 5. The maximum Gasteiger partial charge on any atom is 0.266 e. The fraction of sp³-hybridized carbons (Fsp3) is 0.185. The Hall–Kier alpha value is -4.66. The number of carbonyl (C=O) groups is 3. The molecule has 0 aliphatic carbocycles. The van der Waals surface area contributed by atoms with Crippen LogP contribution in [0.3, 0.4) is 0 Å². The highest BCUT2D eigenvalue weighted by Gasteiger charge is 2.38. The molecular formula is C27H24N6O3. The maximum absolute atomic E-state index is 13.3. The van der Waals surface area contributed by atoms with E-state index >= 15 is 0 Å². The van der Waals surface area contributed by atoms with E-state index in [9.17, 15) is 14.4 Å². The third-order valence-electron chi connectivity index (χ3n) is 5.99. The van der Waals surface area contributed by atoms with Crippen LogP contribution in [-0.2, 0) is 0 Å². The minimum atomic E-state index is -0.456. The quantitative estimate of drug-likeness (QED) is 0.437. The summed E-state index contributed by atoms with van der Waals surface area (Å²) in [6.45, 7) is 9.27. The van der Waals surface area contributed by atoms with Crippen LogP contribution >= 0.6 is 0 Å². The van der Waals surface area contributed by atoms with E-state index in [-0.39, 0.29) is 16.7 Å². The summed E-state index contributed by atoms with van der Waals surface area (Å²) in [6, 6.07) is 13.7. The Kier molecular flexibility index (Phi) is 5.47. The molecule has 9 heteroatoms. The van der Waals surface area contributed by atoms with Gasteiger partial charge in [-0.15, -0.1) is 0 Å². The summed E-state index contributed by atoms with van der Waals surface area (Å²) in [5.74, 6) is -0.579. The lowest BCUT2D eigenvalue weighted by molar-refractivity contribution is 0.0925. The van der Waals surface area contributed by atoms with E-state index in [2.05, 4.69) is 20.4 Å². The zero-order valence-corrected chi connectivity index (χ0v) is 20.6.